The number of amides is 2. The van der Waals surface area contributed by atoms with E-state index in [0.717, 1.165) is 6.07 Å². The molecule has 3 rings (SSSR count). The van der Waals surface area contributed by atoms with Crippen LogP contribution in [0.25, 0.3) is 5.52 Å². The number of hydrogen-bond acceptors (Lipinski definition) is 7. The monoisotopic (exact) mass is 430 g/mol. The zero-order chi connectivity index (χ0) is 22.5. The number of halogens is 1. The number of benzene rings is 1. The summed E-state index contributed by atoms with van der Waals surface area (Å²) in [5, 5.41) is 18.7. The first kappa shape index (κ1) is 22.1. The van der Waals surface area contributed by atoms with Crippen LogP contribution in [0, 0.1) is 5.82 Å². The lowest BCUT2D eigenvalue weighted by Gasteiger charge is -2.13. The van der Waals surface area contributed by atoms with Gasteiger partial charge < -0.3 is 15.7 Å². The fourth-order valence-corrected chi connectivity index (χ4v) is 3.20. The van der Waals surface area contributed by atoms with E-state index in [1.165, 1.54) is 30.1 Å². The summed E-state index contributed by atoms with van der Waals surface area (Å²) in [6.07, 6.45) is 2.83. The minimum atomic E-state index is -0.593. The van der Waals surface area contributed by atoms with Gasteiger partial charge in [0.2, 0.25) is 0 Å². The molecule has 0 saturated carbocycles. The molecule has 0 aliphatic heterocycles. The van der Waals surface area contributed by atoms with Crippen molar-refractivity contribution in [2.24, 2.45) is 0 Å². The van der Waals surface area contributed by atoms with E-state index >= 15 is 0 Å². The summed E-state index contributed by atoms with van der Waals surface area (Å²) in [6, 6.07) is 3.81. The molecule has 4 N–H and O–H groups in total. The molecule has 1 aromatic carbocycles. The third-order valence-corrected chi connectivity index (χ3v) is 4.51. The van der Waals surface area contributed by atoms with E-state index < -0.39 is 11.7 Å². The van der Waals surface area contributed by atoms with Crippen molar-refractivity contribution in [1.29, 1.82) is 0 Å². The van der Waals surface area contributed by atoms with Crippen LogP contribution in [0.1, 0.15) is 46.0 Å². The van der Waals surface area contributed by atoms with Crippen molar-refractivity contribution in [3.8, 4) is 0 Å². The number of aromatic nitrogens is 3. The topological polar surface area (TPSA) is 130 Å². The molecule has 0 atom stereocenters. The predicted molar refractivity (Wildman–Crippen MR) is 111 cm³/mol. The van der Waals surface area contributed by atoms with Gasteiger partial charge in [-0.1, -0.05) is 13.8 Å². The normalized spacial score (nSPS) is 11.0. The van der Waals surface area contributed by atoms with Crippen LogP contribution >= 0.6 is 0 Å². The molecule has 10 nitrogen and oxygen atoms in total. The number of hydrogen-bond donors (Lipinski definition) is 4. The molecule has 31 heavy (non-hydrogen) atoms. The Bertz CT molecular complexity index is 1110. The van der Waals surface area contributed by atoms with Crippen LogP contribution in [0.2, 0.25) is 0 Å². The largest absolute Gasteiger partial charge is 0.395 e. The van der Waals surface area contributed by atoms with Crippen LogP contribution < -0.4 is 16.1 Å². The van der Waals surface area contributed by atoms with Gasteiger partial charge in [0.25, 0.3) is 11.8 Å². The number of nitrogens with one attached hydrogen (secondary N) is 3. The molecule has 11 heteroatoms. The number of rotatable bonds is 8. The second-order valence-corrected chi connectivity index (χ2v) is 6.95. The van der Waals surface area contributed by atoms with E-state index in [9.17, 15) is 14.0 Å². The van der Waals surface area contributed by atoms with Crippen LogP contribution in [-0.2, 0) is 4.84 Å². The summed E-state index contributed by atoms with van der Waals surface area (Å²) in [4.78, 5) is 33.4. The Morgan fingerprint density at radius 1 is 1.29 bits per heavy atom. The predicted octanol–water partition coefficient (Wildman–Crippen LogP) is 1.75. The highest BCUT2D eigenvalue weighted by molar-refractivity contribution is 6.00. The molecule has 0 spiro atoms. The van der Waals surface area contributed by atoms with Crippen molar-refractivity contribution in [2.45, 2.75) is 19.8 Å². The average molecular weight is 430 g/mol. The molecule has 0 bridgehead atoms. The highest BCUT2D eigenvalue weighted by Crippen LogP contribution is 2.32. The van der Waals surface area contributed by atoms with Gasteiger partial charge in [0.1, 0.15) is 17.7 Å². The summed E-state index contributed by atoms with van der Waals surface area (Å²) in [5.41, 5.74) is 3.91. The first-order valence-electron chi connectivity index (χ1n) is 9.52. The second-order valence-electron chi connectivity index (χ2n) is 6.95. The van der Waals surface area contributed by atoms with Crippen LogP contribution in [-0.4, -0.2) is 51.8 Å². The molecule has 0 fully saturated rings. The van der Waals surface area contributed by atoms with Gasteiger partial charge in [0.05, 0.1) is 25.0 Å². The Hall–Kier alpha value is -3.57. The summed E-state index contributed by atoms with van der Waals surface area (Å²) < 4.78 is 16.0. The molecule has 0 unspecified atom stereocenters. The third kappa shape index (κ3) is 4.62. The maximum Gasteiger partial charge on any atom is 0.274 e. The van der Waals surface area contributed by atoms with E-state index in [1.807, 2.05) is 13.8 Å². The number of aliphatic hydroxyl groups excluding tert-OH is 1. The molecule has 0 aliphatic rings. The molecule has 0 aliphatic carbocycles. The van der Waals surface area contributed by atoms with Gasteiger partial charge in [-0.05, 0) is 29.7 Å². The maximum absolute atomic E-state index is 14.5. The zero-order valence-corrected chi connectivity index (χ0v) is 17.3. The number of aliphatic hydroxyl groups is 1. The summed E-state index contributed by atoms with van der Waals surface area (Å²) in [5.74, 6) is -1.31. The Balaban J connectivity index is 2.08. The van der Waals surface area contributed by atoms with Gasteiger partial charge in [-0.15, -0.1) is 0 Å². The zero-order valence-electron chi connectivity index (χ0n) is 17.3. The second kappa shape index (κ2) is 9.49. The van der Waals surface area contributed by atoms with E-state index in [1.54, 1.807) is 6.20 Å². The van der Waals surface area contributed by atoms with Crippen molar-refractivity contribution in [1.82, 2.24) is 25.4 Å². The highest BCUT2D eigenvalue weighted by atomic mass is 19.1. The number of nitrogens with zero attached hydrogens (tertiary/aromatic N) is 3. The van der Waals surface area contributed by atoms with Crippen LogP contribution in [0.15, 0.2) is 30.7 Å². The molecule has 2 aromatic heterocycles. The molecule has 0 saturated heterocycles. The smallest absolute Gasteiger partial charge is 0.274 e. The molecule has 164 valence electrons. The third-order valence-electron chi connectivity index (χ3n) is 4.51. The van der Waals surface area contributed by atoms with Gasteiger partial charge in [0, 0.05) is 18.3 Å². The fourth-order valence-electron chi connectivity index (χ4n) is 3.20. The van der Waals surface area contributed by atoms with Crippen LogP contribution in [0.4, 0.5) is 15.9 Å². The molecule has 0 radical (unpaired) electrons. The molecular formula is C20H23FN6O4. The van der Waals surface area contributed by atoms with E-state index in [-0.39, 0.29) is 42.0 Å². The number of fused-ring (bicyclic) bond motifs is 1. The Morgan fingerprint density at radius 3 is 2.74 bits per heavy atom. The van der Waals surface area contributed by atoms with Gasteiger partial charge in [-0.2, -0.15) is 5.10 Å². The minimum Gasteiger partial charge on any atom is -0.395 e. The maximum atomic E-state index is 14.5. The van der Waals surface area contributed by atoms with Crippen molar-refractivity contribution >= 4 is 28.8 Å². The van der Waals surface area contributed by atoms with Crippen LogP contribution in [0.5, 0.6) is 0 Å². The molecule has 2 amide bonds. The number of anilines is 2. The summed E-state index contributed by atoms with van der Waals surface area (Å²) >= 11 is 0. The number of carbonyl (C=O) groups is 2. The lowest BCUT2D eigenvalue weighted by molar-refractivity contribution is 0.0537. The van der Waals surface area contributed by atoms with Gasteiger partial charge in [-0.3, -0.25) is 14.4 Å². The van der Waals surface area contributed by atoms with E-state index in [2.05, 4.69) is 31.0 Å². The fraction of sp³-hybridized carbons (Fsp3) is 0.300. The first-order valence-corrected chi connectivity index (χ1v) is 9.52. The summed E-state index contributed by atoms with van der Waals surface area (Å²) in [6.45, 7) is 3.74. The van der Waals surface area contributed by atoms with Crippen molar-refractivity contribution in [3.63, 3.8) is 0 Å². The van der Waals surface area contributed by atoms with E-state index in [4.69, 9.17) is 5.11 Å². The highest BCUT2D eigenvalue weighted by Gasteiger charge is 2.23. The Kier molecular flexibility index (Phi) is 6.78. The Labute approximate surface area is 177 Å². The molecule has 2 heterocycles. The van der Waals surface area contributed by atoms with Crippen molar-refractivity contribution in [2.75, 3.05) is 25.6 Å². The van der Waals surface area contributed by atoms with Crippen molar-refractivity contribution < 1.29 is 23.9 Å². The SMILES string of the molecule is CONC(=O)c1ccc(F)c(Nc2ncnn3cc(C(=O)NCCO)c(C(C)C)c23)c1. The summed E-state index contributed by atoms with van der Waals surface area (Å²) in [7, 11) is 1.30. The number of hydroxylamine groups is 1. The van der Waals surface area contributed by atoms with Gasteiger partial charge in [0.15, 0.2) is 5.82 Å². The first-order chi connectivity index (χ1) is 14.9. The van der Waals surface area contributed by atoms with Crippen molar-refractivity contribution in [3.05, 3.63) is 53.2 Å². The molecular weight excluding hydrogens is 407 g/mol. The Morgan fingerprint density at radius 2 is 2.06 bits per heavy atom. The quantitative estimate of drug-likeness (QED) is 0.401. The lowest BCUT2D eigenvalue weighted by atomic mass is 9.99. The standard InChI is InChI=1S/C20H23FN6O4/c1-11(2)16-13(20(30)22-6-7-28)9-27-17(16)18(23-10-24-27)25-15-8-12(4-5-14(15)21)19(29)26-31-3/h4-5,8-11,28H,6-7H2,1-3H3,(H,22,30)(H,26,29)(H,23,24,25). The number of carbonyl (C=O) groups excluding carboxylic acids is 2. The molecule has 3 aromatic rings. The lowest BCUT2D eigenvalue weighted by Crippen LogP contribution is -2.26. The van der Waals surface area contributed by atoms with Gasteiger partial charge in [-0.25, -0.2) is 19.4 Å². The minimum absolute atomic E-state index is 0.0199. The van der Waals surface area contributed by atoms with Crippen LogP contribution in [0.3, 0.4) is 0 Å². The average Bonchev–Trinajstić information content (AvgIpc) is 3.14. The van der Waals surface area contributed by atoms with E-state index in [0.29, 0.717) is 16.6 Å². The van der Waals surface area contributed by atoms with Gasteiger partial charge >= 0.3 is 0 Å².